The summed E-state index contributed by atoms with van der Waals surface area (Å²) in [5.41, 5.74) is 12.2. The van der Waals surface area contributed by atoms with Crippen LogP contribution >= 0.6 is 0 Å². The molecule has 0 saturated heterocycles. The van der Waals surface area contributed by atoms with Crippen LogP contribution in [0.4, 0.5) is 0 Å². The van der Waals surface area contributed by atoms with Gasteiger partial charge in [-0.25, -0.2) is 15.0 Å². The second kappa shape index (κ2) is 10.6. The van der Waals surface area contributed by atoms with Gasteiger partial charge >= 0.3 is 0 Å². The van der Waals surface area contributed by atoms with Gasteiger partial charge in [-0.1, -0.05) is 129 Å². The molecule has 0 aliphatic heterocycles. The van der Waals surface area contributed by atoms with Gasteiger partial charge in [-0.3, -0.25) is 0 Å². The molecule has 0 bridgehead atoms. The maximum absolute atomic E-state index is 6.36. The molecule has 0 saturated carbocycles. The van der Waals surface area contributed by atoms with Crippen LogP contribution in [-0.2, 0) is 5.41 Å². The fraction of sp³-hybridized carbons (Fsp3) is 0.0930. The Labute approximate surface area is 273 Å². The molecular weight excluding hydrogens is 574 g/mol. The Kier molecular flexibility index (Phi) is 6.19. The van der Waals surface area contributed by atoms with Crippen LogP contribution in [0.1, 0.15) is 31.4 Å². The molecule has 47 heavy (non-hydrogen) atoms. The second-order valence-electron chi connectivity index (χ2n) is 12.5. The molecule has 1 aliphatic carbocycles. The summed E-state index contributed by atoms with van der Waals surface area (Å²) >= 11 is 0. The van der Waals surface area contributed by atoms with Crippen molar-refractivity contribution in [2.75, 3.05) is 0 Å². The van der Waals surface area contributed by atoms with Crippen LogP contribution in [-0.4, -0.2) is 15.0 Å². The first-order valence-corrected chi connectivity index (χ1v) is 16.2. The highest BCUT2D eigenvalue weighted by Gasteiger charge is 2.40. The van der Waals surface area contributed by atoms with E-state index in [-0.39, 0.29) is 5.41 Å². The number of furan rings is 1. The van der Waals surface area contributed by atoms with Gasteiger partial charge in [-0.05, 0) is 64.1 Å². The molecule has 1 aliphatic rings. The van der Waals surface area contributed by atoms with Crippen molar-refractivity contribution in [2.45, 2.75) is 25.7 Å². The Morgan fingerprint density at radius 3 is 1.77 bits per heavy atom. The third kappa shape index (κ3) is 4.33. The Hall–Kier alpha value is -5.87. The van der Waals surface area contributed by atoms with Gasteiger partial charge in [0.15, 0.2) is 17.5 Å². The Morgan fingerprint density at radius 1 is 0.489 bits per heavy atom. The van der Waals surface area contributed by atoms with E-state index in [0.29, 0.717) is 17.5 Å². The van der Waals surface area contributed by atoms with Crippen molar-refractivity contribution < 1.29 is 4.42 Å². The van der Waals surface area contributed by atoms with Gasteiger partial charge in [0.05, 0.1) is 0 Å². The van der Waals surface area contributed by atoms with E-state index in [2.05, 4.69) is 86.6 Å². The molecule has 8 aromatic rings. The summed E-state index contributed by atoms with van der Waals surface area (Å²) in [4.78, 5) is 14.9. The maximum atomic E-state index is 6.36. The van der Waals surface area contributed by atoms with E-state index < -0.39 is 0 Å². The molecule has 9 rings (SSSR count). The molecule has 4 nitrogen and oxygen atoms in total. The molecule has 2 aromatic heterocycles. The predicted molar refractivity (Wildman–Crippen MR) is 191 cm³/mol. The molecule has 224 valence electrons. The first-order valence-electron chi connectivity index (χ1n) is 16.2. The van der Waals surface area contributed by atoms with Gasteiger partial charge in [0.25, 0.3) is 0 Å². The minimum Gasteiger partial charge on any atom is -0.456 e. The quantitative estimate of drug-likeness (QED) is 0.196. The standard InChI is InChI=1S/C43H31N3O/c1-3-43(2)36-26-38-35(32-20-10-11-23-37(32)47-38)25-34(36)33-22-13-21-31(39(33)43)29-18-12-19-30(24-29)42-45-40(27-14-6-4-7-15-27)44-41(46-42)28-16-8-5-9-17-28/h4-26H,3H2,1-2H3. The largest absolute Gasteiger partial charge is 0.456 e. The molecule has 4 heteroatoms. The van der Waals surface area contributed by atoms with E-state index >= 15 is 0 Å². The lowest BCUT2D eigenvalue weighted by molar-refractivity contribution is 0.564. The zero-order valence-electron chi connectivity index (χ0n) is 26.2. The van der Waals surface area contributed by atoms with Crippen molar-refractivity contribution in [1.82, 2.24) is 15.0 Å². The van der Waals surface area contributed by atoms with Crippen molar-refractivity contribution >= 4 is 21.9 Å². The molecular formula is C43H31N3O. The Balaban J connectivity index is 1.21. The molecule has 0 spiro atoms. The van der Waals surface area contributed by atoms with Gasteiger partial charge < -0.3 is 4.42 Å². The zero-order valence-corrected chi connectivity index (χ0v) is 26.2. The minimum absolute atomic E-state index is 0.182. The van der Waals surface area contributed by atoms with Crippen molar-refractivity contribution in [3.05, 3.63) is 151 Å². The zero-order chi connectivity index (χ0) is 31.5. The van der Waals surface area contributed by atoms with Crippen LogP contribution in [0.5, 0.6) is 0 Å². The third-order valence-corrected chi connectivity index (χ3v) is 9.86. The van der Waals surface area contributed by atoms with E-state index in [0.717, 1.165) is 50.6 Å². The maximum Gasteiger partial charge on any atom is 0.164 e. The van der Waals surface area contributed by atoms with Crippen molar-refractivity contribution in [3.8, 4) is 56.4 Å². The fourth-order valence-electron chi connectivity index (χ4n) is 7.33. The second-order valence-corrected chi connectivity index (χ2v) is 12.5. The van der Waals surface area contributed by atoms with Gasteiger partial charge in [-0.15, -0.1) is 0 Å². The monoisotopic (exact) mass is 605 g/mol. The van der Waals surface area contributed by atoms with Crippen LogP contribution in [0.2, 0.25) is 0 Å². The summed E-state index contributed by atoms with van der Waals surface area (Å²) in [6.45, 7) is 4.67. The van der Waals surface area contributed by atoms with E-state index in [9.17, 15) is 0 Å². The van der Waals surface area contributed by atoms with E-state index in [1.54, 1.807) is 0 Å². The van der Waals surface area contributed by atoms with Crippen LogP contribution in [0.3, 0.4) is 0 Å². The molecule has 1 unspecified atom stereocenters. The molecule has 1 atom stereocenters. The van der Waals surface area contributed by atoms with Gasteiger partial charge in [0.1, 0.15) is 11.2 Å². The Bertz CT molecular complexity index is 2410. The highest BCUT2D eigenvalue weighted by Crippen LogP contribution is 2.55. The summed E-state index contributed by atoms with van der Waals surface area (Å²) in [7, 11) is 0. The lowest BCUT2D eigenvalue weighted by atomic mass is 9.75. The summed E-state index contributed by atoms with van der Waals surface area (Å²) in [6.07, 6.45) is 0.962. The predicted octanol–water partition coefficient (Wildman–Crippen LogP) is 11.1. The van der Waals surface area contributed by atoms with Crippen LogP contribution in [0.15, 0.2) is 144 Å². The molecule has 0 amide bonds. The smallest absolute Gasteiger partial charge is 0.164 e. The SMILES string of the molecule is CCC1(C)c2cc3oc4ccccc4c3cc2-c2cccc(-c3cccc(-c4nc(-c5ccccc5)nc(-c5ccccc5)n4)c3)c21. The molecule has 2 heterocycles. The van der Waals surface area contributed by atoms with E-state index in [1.807, 2.05) is 66.7 Å². The minimum atomic E-state index is -0.182. The van der Waals surface area contributed by atoms with Gasteiger partial charge in [0.2, 0.25) is 0 Å². The number of para-hydroxylation sites is 1. The average molecular weight is 606 g/mol. The number of fused-ring (bicyclic) bond motifs is 6. The number of rotatable bonds is 5. The summed E-state index contributed by atoms with van der Waals surface area (Å²) in [6, 6.07) is 48.6. The number of benzene rings is 6. The van der Waals surface area contributed by atoms with Crippen molar-refractivity contribution in [3.63, 3.8) is 0 Å². The summed E-state index contributed by atoms with van der Waals surface area (Å²) in [5, 5.41) is 2.32. The lowest BCUT2D eigenvalue weighted by Gasteiger charge is -2.28. The van der Waals surface area contributed by atoms with E-state index in [1.165, 1.54) is 27.8 Å². The first kappa shape index (κ1) is 27.4. The molecule has 0 N–H and O–H groups in total. The summed E-state index contributed by atoms with van der Waals surface area (Å²) < 4.78 is 6.36. The van der Waals surface area contributed by atoms with E-state index in [4.69, 9.17) is 19.4 Å². The number of hydrogen-bond acceptors (Lipinski definition) is 4. The van der Waals surface area contributed by atoms with Crippen LogP contribution < -0.4 is 0 Å². The summed E-state index contributed by atoms with van der Waals surface area (Å²) in [5.74, 6) is 1.97. The van der Waals surface area contributed by atoms with Crippen LogP contribution in [0.25, 0.3) is 78.4 Å². The molecule has 0 fully saturated rings. The van der Waals surface area contributed by atoms with Crippen LogP contribution in [0, 0.1) is 0 Å². The molecule has 0 radical (unpaired) electrons. The Morgan fingerprint density at radius 2 is 1.06 bits per heavy atom. The topological polar surface area (TPSA) is 51.8 Å². The highest BCUT2D eigenvalue weighted by molar-refractivity contribution is 6.08. The van der Waals surface area contributed by atoms with Gasteiger partial charge in [-0.2, -0.15) is 0 Å². The van der Waals surface area contributed by atoms with Gasteiger partial charge in [0, 0.05) is 32.9 Å². The molecule has 6 aromatic carbocycles. The van der Waals surface area contributed by atoms with Crippen molar-refractivity contribution in [2.24, 2.45) is 0 Å². The average Bonchev–Trinajstić information content (AvgIpc) is 3.63. The highest BCUT2D eigenvalue weighted by atomic mass is 16.3. The number of aromatic nitrogens is 3. The number of hydrogen-bond donors (Lipinski definition) is 0. The number of nitrogens with zero attached hydrogens (tertiary/aromatic N) is 3. The third-order valence-electron chi connectivity index (χ3n) is 9.86. The first-order chi connectivity index (χ1) is 23.1. The lowest BCUT2D eigenvalue weighted by Crippen LogP contribution is -2.20. The van der Waals surface area contributed by atoms with Crippen molar-refractivity contribution in [1.29, 1.82) is 0 Å². The fourth-order valence-corrected chi connectivity index (χ4v) is 7.33. The normalized spacial score (nSPS) is 15.2.